The number of carbonyl (C=O) groups is 1. The molecule has 3 aromatic rings. The minimum absolute atomic E-state index is 0.0177. The molecule has 6 nitrogen and oxygen atoms in total. The van der Waals surface area contributed by atoms with Crippen molar-refractivity contribution in [3.8, 4) is 11.3 Å². The second-order valence-electron chi connectivity index (χ2n) is 6.17. The monoisotopic (exact) mass is 389 g/mol. The second-order valence-corrected chi connectivity index (χ2v) is 6.17. The Morgan fingerprint density at radius 3 is 2.39 bits per heavy atom. The molecule has 1 aromatic carbocycles. The van der Waals surface area contributed by atoms with Gasteiger partial charge in [-0.1, -0.05) is 19.1 Å². The van der Waals surface area contributed by atoms with Crippen LogP contribution in [0.15, 0.2) is 42.5 Å². The van der Waals surface area contributed by atoms with Crippen molar-refractivity contribution in [1.82, 2.24) is 14.8 Å². The second kappa shape index (κ2) is 7.34. The number of benzene rings is 1. The number of nitrogens with zero attached hydrogens (tertiary/aromatic N) is 3. The van der Waals surface area contributed by atoms with Gasteiger partial charge < -0.3 is 11.1 Å². The number of nitrogens with two attached hydrogens (primary N) is 1. The molecule has 0 spiro atoms. The number of aromatic nitrogens is 3. The van der Waals surface area contributed by atoms with Crippen molar-refractivity contribution in [2.24, 2.45) is 7.05 Å². The molecule has 0 aliphatic rings. The van der Waals surface area contributed by atoms with E-state index in [1.165, 1.54) is 19.2 Å². The molecule has 2 aromatic heterocycles. The van der Waals surface area contributed by atoms with Gasteiger partial charge in [0, 0.05) is 18.2 Å². The quantitative estimate of drug-likeness (QED) is 0.709. The van der Waals surface area contributed by atoms with E-state index >= 15 is 0 Å². The first-order valence-electron chi connectivity index (χ1n) is 8.47. The molecule has 146 valence electrons. The minimum atomic E-state index is -4.56. The fourth-order valence-electron chi connectivity index (χ4n) is 2.70. The zero-order valence-electron chi connectivity index (χ0n) is 15.2. The van der Waals surface area contributed by atoms with Crippen LogP contribution < -0.4 is 11.1 Å². The summed E-state index contributed by atoms with van der Waals surface area (Å²) in [6.07, 6.45) is -3.69. The predicted molar refractivity (Wildman–Crippen MR) is 99.6 cm³/mol. The molecule has 9 heteroatoms. The minimum Gasteiger partial charge on any atom is -0.383 e. The van der Waals surface area contributed by atoms with Gasteiger partial charge in [-0.25, -0.2) is 4.98 Å². The zero-order chi connectivity index (χ0) is 20.5. The Labute approximate surface area is 159 Å². The Morgan fingerprint density at radius 2 is 1.86 bits per heavy atom. The van der Waals surface area contributed by atoms with Gasteiger partial charge in [-0.05, 0) is 42.3 Å². The molecule has 0 radical (unpaired) electrons. The topological polar surface area (TPSA) is 85.8 Å². The van der Waals surface area contributed by atoms with Gasteiger partial charge in [0.05, 0.1) is 5.69 Å². The number of carbonyl (C=O) groups excluding carboxylic acids is 1. The normalized spacial score (nSPS) is 11.5. The van der Waals surface area contributed by atoms with Crippen LogP contribution in [0.3, 0.4) is 0 Å². The first-order chi connectivity index (χ1) is 13.2. The summed E-state index contributed by atoms with van der Waals surface area (Å²) >= 11 is 0. The van der Waals surface area contributed by atoms with E-state index < -0.39 is 11.9 Å². The molecule has 28 heavy (non-hydrogen) atoms. The van der Waals surface area contributed by atoms with Gasteiger partial charge in [0.2, 0.25) is 0 Å². The maximum Gasteiger partial charge on any atom is 0.435 e. The number of nitrogen functional groups attached to an aromatic ring is 1. The molecular formula is C19H18F3N5O. The van der Waals surface area contributed by atoms with Crippen LogP contribution in [0.4, 0.5) is 24.8 Å². The molecule has 1 amide bonds. The van der Waals surface area contributed by atoms with Crippen LogP contribution in [0.25, 0.3) is 11.3 Å². The highest BCUT2D eigenvalue weighted by molar-refractivity contribution is 6.04. The molecule has 0 aliphatic heterocycles. The molecule has 3 N–H and O–H groups in total. The maximum absolute atomic E-state index is 12.8. The van der Waals surface area contributed by atoms with Crippen LogP contribution >= 0.6 is 0 Å². The summed E-state index contributed by atoms with van der Waals surface area (Å²) in [4.78, 5) is 16.4. The van der Waals surface area contributed by atoms with Crippen LogP contribution in [0.2, 0.25) is 0 Å². The third-order valence-corrected chi connectivity index (χ3v) is 4.24. The third kappa shape index (κ3) is 3.98. The number of alkyl halides is 3. The lowest BCUT2D eigenvalue weighted by molar-refractivity contribution is -0.141. The molecule has 0 aliphatic carbocycles. The molecule has 0 unspecified atom stereocenters. The number of rotatable bonds is 4. The number of anilines is 2. The van der Waals surface area contributed by atoms with E-state index in [0.29, 0.717) is 5.56 Å². The Morgan fingerprint density at radius 1 is 1.18 bits per heavy atom. The summed E-state index contributed by atoms with van der Waals surface area (Å²) in [6.45, 7) is 2.02. The Kier molecular flexibility index (Phi) is 5.08. The number of halogens is 3. The predicted octanol–water partition coefficient (Wildman–Crippen LogP) is 3.90. The standard InChI is InChI=1S/C19H18F3N5O/c1-3-11-4-6-12(7-5-11)18(28)25-16-9-8-13(17(23)24-16)14-10-15(19(20,21)22)26-27(14)2/h4-10H,3H2,1-2H3,(H3,23,24,25,28). The summed E-state index contributed by atoms with van der Waals surface area (Å²) < 4.78 is 39.6. The molecule has 0 bridgehead atoms. The molecule has 0 saturated carbocycles. The smallest absolute Gasteiger partial charge is 0.383 e. The summed E-state index contributed by atoms with van der Waals surface area (Å²) in [6, 6.07) is 11.0. The van der Waals surface area contributed by atoms with Crippen LogP contribution in [0.1, 0.15) is 28.5 Å². The van der Waals surface area contributed by atoms with E-state index in [1.54, 1.807) is 12.1 Å². The van der Waals surface area contributed by atoms with E-state index in [0.717, 1.165) is 22.7 Å². The van der Waals surface area contributed by atoms with Crippen molar-refractivity contribution < 1.29 is 18.0 Å². The van der Waals surface area contributed by atoms with Crippen LogP contribution in [-0.2, 0) is 19.6 Å². The van der Waals surface area contributed by atoms with Gasteiger partial charge in [0.15, 0.2) is 5.69 Å². The summed E-state index contributed by atoms with van der Waals surface area (Å²) in [5, 5.41) is 6.09. The number of hydrogen-bond acceptors (Lipinski definition) is 4. The molecule has 3 rings (SSSR count). The van der Waals surface area contributed by atoms with Gasteiger partial charge in [-0.2, -0.15) is 18.3 Å². The number of nitrogens with one attached hydrogen (secondary N) is 1. The summed E-state index contributed by atoms with van der Waals surface area (Å²) in [7, 11) is 1.39. The van der Waals surface area contributed by atoms with E-state index in [2.05, 4.69) is 15.4 Å². The van der Waals surface area contributed by atoms with Crippen molar-refractivity contribution in [2.75, 3.05) is 11.1 Å². The van der Waals surface area contributed by atoms with Crippen LogP contribution in [0.5, 0.6) is 0 Å². The van der Waals surface area contributed by atoms with Crippen molar-refractivity contribution in [1.29, 1.82) is 0 Å². The van der Waals surface area contributed by atoms with Crippen molar-refractivity contribution in [3.63, 3.8) is 0 Å². The Hall–Kier alpha value is -3.36. The first kappa shape index (κ1) is 19.4. The van der Waals surface area contributed by atoms with E-state index in [9.17, 15) is 18.0 Å². The SMILES string of the molecule is CCc1ccc(C(=O)Nc2ccc(-c3cc(C(F)(F)F)nn3C)c(N)n2)cc1. The fourth-order valence-corrected chi connectivity index (χ4v) is 2.70. The zero-order valence-corrected chi connectivity index (χ0v) is 15.2. The van der Waals surface area contributed by atoms with Crippen molar-refractivity contribution in [3.05, 3.63) is 59.3 Å². The average Bonchev–Trinajstić information content (AvgIpc) is 3.04. The molecule has 0 saturated heterocycles. The summed E-state index contributed by atoms with van der Waals surface area (Å²) in [5.74, 6) is -0.179. The van der Waals surface area contributed by atoms with Gasteiger partial charge in [0.25, 0.3) is 5.91 Å². The van der Waals surface area contributed by atoms with Crippen LogP contribution in [0, 0.1) is 0 Å². The van der Waals surface area contributed by atoms with Gasteiger partial charge in [0.1, 0.15) is 11.6 Å². The van der Waals surface area contributed by atoms with Gasteiger partial charge >= 0.3 is 6.18 Å². The highest BCUT2D eigenvalue weighted by atomic mass is 19.4. The van der Waals surface area contributed by atoms with E-state index in [4.69, 9.17) is 5.73 Å². The lowest BCUT2D eigenvalue weighted by Gasteiger charge is -2.09. The fraction of sp³-hybridized carbons (Fsp3) is 0.211. The molecule has 0 atom stereocenters. The average molecular weight is 389 g/mol. The number of pyridine rings is 1. The first-order valence-corrected chi connectivity index (χ1v) is 8.47. The summed E-state index contributed by atoms with van der Waals surface area (Å²) in [5.41, 5.74) is 6.92. The van der Waals surface area contributed by atoms with E-state index in [1.807, 2.05) is 19.1 Å². The van der Waals surface area contributed by atoms with Gasteiger partial charge in [-0.15, -0.1) is 0 Å². The maximum atomic E-state index is 12.8. The lowest BCUT2D eigenvalue weighted by Crippen LogP contribution is -2.13. The lowest BCUT2D eigenvalue weighted by atomic mass is 10.1. The molecule has 0 fully saturated rings. The molecule has 2 heterocycles. The van der Waals surface area contributed by atoms with Crippen LogP contribution in [-0.4, -0.2) is 20.7 Å². The third-order valence-electron chi connectivity index (χ3n) is 4.24. The highest BCUT2D eigenvalue weighted by Gasteiger charge is 2.35. The van der Waals surface area contributed by atoms with Crippen molar-refractivity contribution >= 4 is 17.5 Å². The highest BCUT2D eigenvalue weighted by Crippen LogP contribution is 2.33. The van der Waals surface area contributed by atoms with E-state index in [-0.39, 0.29) is 28.8 Å². The Balaban J connectivity index is 1.82. The van der Waals surface area contributed by atoms with Gasteiger partial charge in [-0.3, -0.25) is 9.48 Å². The number of amides is 1. The number of hydrogen-bond donors (Lipinski definition) is 2. The Bertz CT molecular complexity index is 1010. The largest absolute Gasteiger partial charge is 0.435 e. The molecular weight excluding hydrogens is 371 g/mol. The number of aryl methyl sites for hydroxylation is 2. The van der Waals surface area contributed by atoms with Crippen molar-refractivity contribution in [2.45, 2.75) is 19.5 Å².